The van der Waals surface area contributed by atoms with Gasteiger partial charge >= 0.3 is 0 Å². The van der Waals surface area contributed by atoms with E-state index < -0.39 is 0 Å². The van der Waals surface area contributed by atoms with E-state index >= 15 is 0 Å². The maximum absolute atomic E-state index is 12.9. The number of nitrogens with zero attached hydrogens (tertiary/aromatic N) is 2. The average molecular weight is 359 g/mol. The van der Waals surface area contributed by atoms with Crippen LogP contribution in [0.15, 0.2) is 35.0 Å². The van der Waals surface area contributed by atoms with Gasteiger partial charge in [0.2, 0.25) is 5.91 Å². The van der Waals surface area contributed by atoms with Crippen molar-refractivity contribution in [1.29, 1.82) is 0 Å². The number of hydrogen-bond donors (Lipinski definition) is 1. The summed E-state index contributed by atoms with van der Waals surface area (Å²) in [4.78, 5) is 17.3. The minimum Gasteiger partial charge on any atom is -0.361 e. The molecule has 1 N–H and O–H groups in total. The molecule has 2 heterocycles. The lowest BCUT2D eigenvalue weighted by molar-refractivity contribution is -0.116. The minimum absolute atomic E-state index is 0.0947. The summed E-state index contributed by atoms with van der Waals surface area (Å²) >= 11 is 1.42. The van der Waals surface area contributed by atoms with Crippen LogP contribution in [0.25, 0.3) is 0 Å². The largest absolute Gasteiger partial charge is 0.361 e. The molecule has 5 nitrogen and oxygen atoms in total. The van der Waals surface area contributed by atoms with E-state index in [1.54, 1.807) is 18.3 Å². The summed E-state index contributed by atoms with van der Waals surface area (Å²) in [6.45, 7) is 3.71. The van der Waals surface area contributed by atoms with Gasteiger partial charge in [0.15, 0.2) is 5.13 Å². The second kappa shape index (κ2) is 7.57. The van der Waals surface area contributed by atoms with Gasteiger partial charge in [-0.1, -0.05) is 17.3 Å². The number of halogens is 1. The zero-order chi connectivity index (χ0) is 17.8. The Bertz CT molecular complexity index is 851. The summed E-state index contributed by atoms with van der Waals surface area (Å²) in [7, 11) is 0. The minimum atomic E-state index is -0.251. The average Bonchev–Trinajstić information content (AvgIpc) is 3.14. The summed E-state index contributed by atoms with van der Waals surface area (Å²) < 4.78 is 18.0. The first-order valence-corrected chi connectivity index (χ1v) is 8.73. The van der Waals surface area contributed by atoms with E-state index in [1.807, 2.05) is 13.8 Å². The van der Waals surface area contributed by atoms with Crippen LogP contribution >= 0.6 is 11.3 Å². The number of amides is 1. The standard InChI is InChI=1S/C18H18FN3O2S/c1-11-16(12(2)24-22-11)7-8-17(23)21-18-20-10-15(25-18)9-13-3-5-14(19)6-4-13/h3-6,10H,7-9H2,1-2H3,(H,20,21,23). The molecule has 0 aliphatic carbocycles. The highest BCUT2D eigenvalue weighted by atomic mass is 32.1. The number of aromatic nitrogens is 2. The predicted molar refractivity (Wildman–Crippen MR) is 94.2 cm³/mol. The summed E-state index contributed by atoms with van der Waals surface area (Å²) in [5.74, 6) is 0.406. The number of carbonyl (C=O) groups excluding carboxylic acids is 1. The van der Waals surface area contributed by atoms with Gasteiger partial charge in [-0.25, -0.2) is 9.37 Å². The molecule has 130 valence electrons. The second-order valence-electron chi connectivity index (χ2n) is 5.79. The molecule has 0 atom stereocenters. The van der Waals surface area contributed by atoms with Crippen molar-refractivity contribution in [1.82, 2.24) is 10.1 Å². The van der Waals surface area contributed by atoms with Gasteiger partial charge in [-0.15, -0.1) is 11.3 Å². The third-order valence-corrected chi connectivity index (χ3v) is 4.79. The highest BCUT2D eigenvalue weighted by Gasteiger charge is 2.12. The van der Waals surface area contributed by atoms with Crippen molar-refractivity contribution in [2.45, 2.75) is 33.1 Å². The molecule has 0 fully saturated rings. The SMILES string of the molecule is Cc1noc(C)c1CCC(=O)Nc1ncc(Cc2ccc(F)cc2)s1. The number of benzene rings is 1. The molecule has 0 aliphatic rings. The Hall–Kier alpha value is -2.54. The van der Waals surface area contributed by atoms with Gasteiger partial charge in [-0.05, 0) is 38.0 Å². The van der Waals surface area contributed by atoms with Gasteiger partial charge in [-0.3, -0.25) is 4.79 Å². The lowest BCUT2D eigenvalue weighted by atomic mass is 10.1. The lowest BCUT2D eigenvalue weighted by Gasteiger charge is -2.01. The van der Waals surface area contributed by atoms with Crippen LogP contribution < -0.4 is 5.32 Å². The topological polar surface area (TPSA) is 68.0 Å². The third-order valence-electron chi connectivity index (χ3n) is 3.87. The fraction of sp³-hybridized carbons (Fsp3) is 0.278. The molecular weight excluding hydrogens is 341 g/mol. The molecule has 2 aromatic heterocycles. The van der Waals surface area contributed by atoms with E-state index in [0.29, 0.717) is 24.4 Å². The van der Waals surface area contributed by atoms with Crippen molar-refractivity contribution in [3.05, 3.63) is 63.7 Å². The molecule has 7 heteroatoms. The molecule has 0 spiro atoms. The number of rotatable bonds is 6. The van der Waals surface area contributed by atoms with Crippen molar-refractivity contribution < 1.29 is 13.7 Å². The highest BCUT2D eigenvalue weighted by Crippen LogP contribution is 2.22. The Morgan fingerprint density at radius 3 is 2.72 bits per heavy atom. The monoisotopic (exact) mass is 359 g/mol. The first kappa shape index (κ1) is 17.3. The fourth-order valence-corrected chi connectivity index (χ4v) is 3.39. The number of aryl methyl sites for hydroxylation is 2. The Labute approximate surface area is 148 Å². The molecule has 0 saturated carbocycles. The van der Waals surface area contributed by atoms with Crippen LogP contribution in [0.1, 0.15) is 33.9 Å². The van der Waals surface area contributed by atoms with Gasteiger partial charge in [0.25, 0.3) is 0 Å². The third kappa shape index (κ3) is 4.51. The molecule has 25 heavy (non-hydrogen) atoms. The van der Waals surface area contributed by atoms with Gasteiger partial charge < -0.3 is 9.84 Å². The van der Waals surface area contributed by atoms with E-state index in [1.165, 1.54) is 23.5 Å². The fourth-order valence-electron chi connectivity index (χ4n) is 2.53. The molecule has 0 bridgehead atoms. The number of anilines is 1. The van der Waals surface area contributed by atoms with Gasteiger partial charge in [0, 0.05) is 29.5 Å². The number of carbonyl (C=O) groups is 1. The Kier molecular flexibility index (Phi) is 5.23. The maximum Gasteiger partial charge on any atom is 0.226 e. The van der Waals surface area contributed by atoms with Crippen LogP contribution in [0.3, 0.4) is 0 Å². The number of thiazole rings is 1. The van der Waals surface area contributed by atoms with Crippen LogP contribution in [0.4, 0.5) is 9.52 Å². The quantitative estimate of drug-likeness (QED) is 0.721. The van der Waals surface area contributed by atoms with E-state index in [9.17, 15) is 9.18 Å². The summed E-state index contributed by atoms with van der Waals surface area (Å²) in [5, 5.41) is 7.27. The van der Waals surface area contributed by atoms with Crippen LogP contribution in [0.5, 0.6) is 0 Å². The zero-order valence-corrected chi connectivity index (χ0v) is 14.8. The summed E-state index contributed by atoms with van der Waals surface area (Å²) in [6.07, 6.45) is 3.32. The van der Waals surface area contributed by atoms with Gasteiger partial charge in [-0.2, -0.15) is 0 Å². The highest BCUT2D eigenvalue weighted by molar-refractivity contribution is 7.15. The smallest absolute Gasteiger partial charge is 0.226 e. The lowest BCUT2D eigenvalue weighted by Crippen LogP contribution is -2.12. The molecule has 3 aromatic rings. The van der Waals surface area contributed by atoms with E-state index in [4.69, 9.17) is 4.52 Å². The van der Waals surface area contributed by atoms with Crippen molar-refractivity contribution in [2.24, 2.45) is 0 Å². The molecule has 1 aromatic carbocycles. The van der Waals surface area contributed by atoms with E-state index in [2.05, 4.69) is 15.5 Å². The Morgan fingerprint density at radius 2 is 2.04 bits per heavy atom. The van der Waals surface area contributed by atoms with Gasteiger partial charge in [0.1, 0.15) is 11.6 Å². The van der Waals surface area contributed by atoms with Crippen molar-refractivity contribution in [2.75, 3.05) is 5.32 Å². The van der Waals surface area contributed by atoms with Crippen LogP contribution in [-0.2, 0) is 17.6 Å². The number of hydrogen-bond acceptors (Lipinski definition) is 5. The van der Waals surface area contributed by atoms with Crippen molar-refractivity contribution in [3.8, 4) is 0 Å². The van der Waals surface area contributed by atoms with Crippen LogP contribution in [0.2, 0.25) is 0 Å². The first-order valence-electron chi connectivity index (χ1n) is 7.92. The number of nitrogens with one attached hydrogen (secondary N) is 1. The van der Waals surface area contributed by atoms with Crippen molar-refractivity contribution >= 4 is 22.4 Å². The van der Waals surface area contributed by atoms with Crippen LogP contribution in [0, 0.1) is 19.7 Å². The molecular formula is C18H18FN3O2S. The molecule has 3 rings (SSSR count). The van der Waals surface area contributed by atoms with Crippen LogP contribution in [-0.4, -0.2) is 16.0 Å². The summed E-state index contributed by atoms with van der Waals surface area (Å²) in [5.41, 5.74) is 2.80. The van der Waals surface area contributed by atoms with E-state index in [-0.39, 0.29) is 11.7 Å². The molecule has 0 unspecified atom stereocenters. The van der Waals surface area contributed by atoms with Crippen molar-refractivity contribution in [3.63, 3.8) is 0 Å². The molecule has 0 radical (unpaired) electrons. The second-order valence-corrected chi connectivity index (χ2v) is 6.90. The maximum atomic E-state index is 12.9. The van der Waals surface area contributed by atoms with Gasteiger partial charge in [0.05, 0.1) is 5.69 Å². The summed E-state index contributed by atoms with van der Waals surface area (Å²) in [6, 6.07) is 6.37. The zero-order valence-electron chi connectivity index (χ0n) is 14.0. The molecule has 0 aliphatic heterocycles. The Morgan fingerprint density at radius 1 is 1.28 bits per heavy atom. The normalized spacial score (nSPS) is 10.8. The van der Waals surface area contributed by atoms with E-state index in [0.717, 1.165) is 27.5 Å². The molecule has 0 saturated heterocycles. The Balaban J connectivity index is 1.54. The molecule has 1 amide bonds. The predicted octanol–water partition coefficient (Wildman–Crippen LogP) is 4.05. The first-order chi connectivity index (χ1) is 12.0.